The maximum absolute atomic E-state index is 12.1. The lowest BCUT2D eigenvalue weighted by Crippen LogP contribution is -2.25. The van der Waals surface area contributed by atoms with Crippen LogP contribution >= 0.6 is 0 Å². The third-order valence-electron chi connectivity index (χ3n) is 3.20. The van der Waals surface area contributed by atoms with Crippen molar-refractivity contribution < 1.29 is 4.92 Å². The zero-order valence-corrected chi connectivity index (χ0v) is 11.8. The second-order valence-electron chi connectivity index (χ2n) is 4.96. The predicted molar refractivity (Wildman–Crippen MR) is 79.1 cm³/mol. The average Bonchev–Trinajstić information content (AvgIpc) is 2.80. The first-order valence-electron chi connectivity index (χ1n) is 6.45. The van der Waals surface area contributed by atoms with Crippen LogP contribution in [0.5, 0.6) is 0 Å². The summed E-state index contributed by atoms with van der Waals surface area (Å²) in [5.74, 6) is 5.30. The lowest BCUT2D eigenvalue weighted by molar-refractivity contribution is -0.384. The Bertz CT molecular complexity index is 717. The normalized spacial score (nSPS) is 10.9. The summed E-state index contributed by atoms with van der Waals surface area (Å²) in [6, 6.07) is 4.63. The molecule has 2 rings (SSSR count). The van der Waals surface area contributed by atoms with Crippen molar-refractivity contribution in [3.63, 3.8) is 0 Å². The first kappa shape index (κ1) is 14.8. The van der Waals surface area contributed by atoms with E-state index in [0.717, 1.165) is 5.56 Å². The Labute approximate surface area is 120 Å². The standard InChI is InChI=1S/C13H17N5O3/c1-9(2)17-6-5-16(13(17)19)8-10-3-4-12(18(20)21)11(7-10)15-14/h3-7,9,15H,8,14H2,1-2H3. The van der Waals surface area contributed by atoms with Gasteiger partial charge in [0.15, 0.2) is 0 Å². The van der Waals surface area contributed by atoms with Crippen LogP contribution in [-0.2, 0) is 6.54 Å². The van der Waals surface area contributed by atoms with Crippen LogP contribution in [0.3, 0.4) is 0 Å². The van der Waals surface area contributed by atoms with Gasteiger partial charge in [0.2, 0.25) is 0 Å². The molecule has 0 amide bonds. The van der Waals surface area contributed by atoms with Crippen molar-refractivity contribution in [2.75, 3.05) is 5.43 Å². The topological polar surface area (TPSA) is 108 Å². The van der Waals surface area contributed by atoms with Crippen molar-refractivity contribution in [3.05, 3.63) is 56.8 Å². The molecule has 1 aromatic heterocycles. The number of aromatic nitrogens is 2. The van der Waals surface area contributed by atoms with Crippen molar-refractivity contribution in [1.29, 1.82) is 0 Å². The van der Waals surface area contributed by atoms with Crippen LogP contribution in [0.25, 0.3) is 0 Å². The molecule has 3 N–H and O–H groups in total. The van der Waals surface area contributed by atoms with E-state index in [4.69, 9.17) is 5.84 Å². The molecule has 0 radical (unpaired) electrons. The minimum Gasteiger partial charge on any atom is -0.318 e. The van der Waals surface area contributed by atoms with Gasteiger partial charge in [-0.25, -0.2) is 4.79 Å². The molecule has 2 aromatic rings. The molecule has 112 valence electrons. The summed E-state index contributed by atoms with van der Waals surface area (Å²) in [7, 11) is 0. The molecule has 21 heavy (non-hydrogen) atoms. The van der Waals surface area contributed by atoms with Crippen LogP contribution in [0.15, 0.2) is 35.4 Å². The Morgan fingerprint density at radius 1 is 1.38 bits per heavy atom. The highest BCUT2D eigenvalue weighted by atomic mass is 16.6. The molecule has 0 fully saturated rings. The van der Waals surface area contributed by atoms with Gasteiger partial charge in [-0.05, 0) is 25.5 Å². The zero-order chi connectivity index (χ0) is 15.6. The summed E-state index contributed by atoms with van der Waals surface area (Å²) in [5.41, 5.74) is 3.05. The zero-order valence-electron chi connectivity index (χ0n) is 11.8. The number of rotatable bonds is 5. The Balaban J connectivity index is 2.32. The third kappa shape index (κ3) is 2.95. The van der Waals surface area contributed by atoms with Crippen molar-refractivity contribution >= 4 is 11.4 Å². The van der Waals surface area contributed by atoms with E-state index in [0.29, 0.717) is 6.54 Å². The maximum Gasteiger partial charge on any atom is 0.328 e. The minimum absolute atomic E-state index is 0.0804. The number of hydrogen-bond acceptors (Lipinski definition) is 5. The van der Waals surface area contributed by atoms with Crippen molar-refractivity contribution in [1.82, 2.24) is 9.13 Å². The molecule has 0 unspecified atom stereocenters. The van der Waals surface area contributed by atoms with Gasteiger partial charge in [-0.2, -0.15) is 0 Å². The van der Waals surface area contributed by atoms with E-state index < -0.39 is 4.92 Å². The van der Waals surface area contributed by atoms with Crippen LogP contribution < -0.4 is 17.0 Å². The molecule has 1 aromatic carbocycles. The fraction of sp³-hybridized carbons (Fsp3) is 0.308. The fourth-order valence-electron chi connectivity index (χ4n) is 2.09. The third-order valence-corrected chi connectivity index (χ3v) is 3.20. The van der Waals surface area contributed by atoms with Gasteiger partial charge in [-0.1, -0.05) is 6.07 Å². The molecular weight excluding hydrogens is 274 g/mol. The lowest BCUT2D eigenvalue weighted by Gasteiger charge is -2.07. The monoisotopic (exact) mass is 291 g/mol. The van der Waals surface area contributed by atoms with E-state index in [2.05, 4.69) is 5.43 Å². The molecule has 0 aliphatic heterocycles. The number of nitrogen functional groups attached to an aromatic ring is 1. The second kappa shape index (κ2) is 5.80. The van der Waals surface area contributed by atoms with Crippen LogP contribution in [0.1, 0.15) is 25.5 Å². The van der Waals surface area contributed by atoms with E-state index in [1.807, 2.05) is 13.8 Å². The van der Waals surface area contributed by atoms with Crippen LogP contribution in [0.4, 0.5) is 11.4 Å². The summed E-state index contributed by atoms with van der Waals surface area (Å²) < 4.78 is 3.16. The molecule has 1 heterocycles. The van der Waals surface area contributed by atoms with Crippen molar-refractivity contribution in [3.8, 4) is 0 Å². The molecular formula is C13H17N5O3. The van der Waals surface area contributed by atoms with Gasteiger partial charge in [0.25, 0.3) is 5.69 Å². The molecule has 0 bridgehead atoms. The highest BCUT2D eigenvalue weighted by Crippen LogP contribution is 2.24. The summed E-state index contributed by atoms with van der Waals surface area (Å²) in [5, 5.41) is 10.8. The van der Waals surface area contributed by atoms with E-state index in [1.165, 1.54) is 6.07 Å². The van der Waals surface area contributed by atoms with E-state index in [-0.39, 0.29) is 23.1 Å². The van der Waals surface area contributed by atoms with Crippen molar-refractivity contribution in [2.24, 2.45) is 5.84 Å². The average molecular weight is 291 g/mol. The molecule has 0 spiro atoms. The minimum atomic E-state index is -0.514. The van der Waals surface area contributed by atoms with Crippen LogP contribution in [-0.4, -0.2) is 14.1 Å². The number of anilines is 1. The quantitative estimate of drug-likeness (QED) is 0.492. The lowest BCUT2D eigenvalue weighted by atomic mass is 10.1. The molecule has 8 heteroatoms. The van der Waals surface area contributed by atoms with Gasteiger partial charge in [0.05, 0.1) is 11.5 Å². The molecule has 0 saturated carbocycles. The fourth-order valence-corrected chi connectivity index (χ4v) is 2.09. The smallest absolute Gasteiger partial charge is 0.318 e. The number of imidazole rings is 1. The Kier molecular flexibility index (Phi) is 4.08. The Morgan fingerprint density at radius 3 is 2.62 bits per heavy atom. The second-order valence-corrected chi connectivity index (χ2v) is 4.96. The first-order chi connectivity index (χ1) is 9.93. The van der Waals surface area contributed by atoms with E-state index >= 15 is 0 Å². The van der Waals surface area contributed by atoms with Gasteiger partial charge >= 0.3 is 5.69 Å². The Hall–Kier alpha value is -2.61. The molecule has 0 aliphatic carbocycles. The molecule has 0 atom stereocenters. The van der Waals surface area contributed by atoms with Crippen LogP contribution in [0.2, 0.25) is 0 Å². The molecule has 8 nitrogen and oxygen atoms in total. The van der Waals surface area contributed by atoms with Crippen LogP contribution in [0, 0.1) is 10.1 Å². The highest BCUT2D eigenvalue weighted by molar-refractivity contribution is 5.62. The largest absolute Gasteiger partial charge is 0.328 e. The van der Waals surface area contributed by atoms with E-state index in [1.54, 1.807) is 33.7 Å². The van der Waals surface area contributed by atoms with Crippen molar-refractivity contribution in [2.45, 2.75) is 26.4 Å². The number of nitro groups is 1. The number of nitrogens with two attached hydrogens (primary N) is 1. The summed E-state index contributed by atoms with van der Waals surface area (Å²) >= 11 is 0. The number of nitro benzene ring substituents is 1. The van der Waals surface area contributed by atoms with Gasteiger partial charge in [-0.3, -0.25) is 25.1 Å². The number of hydrazine groups is 1. The molecule has 0 saturated heterocycles. The van der Waals surface area contributed by atoms with Gasteiger partial charge in [0.1, 0.15) is 5.69 Å². The number of nitrogens with zero attached hydrogens (tertiary/aromatic N) is 3. The summed E-state index contributed by atoms with van der Waals surface area (Å²) in [4.78, 5) is 22.4. The first-order valence-corrected chi connectivity index (χ1v) is 6.45. The number of benzene rings is 1. The maximum atomic E-state index is 12.1. The van der Waals surface area contributed by atoms with E-state index in [9.17, 15) is 14.9 Å². The van der Waals surface area contributed by atoms with Gasteiger partial charge in [-0.15, -0.1) is 0 Å². The molecule has 0 aliphatic rings. The van der Waals surface area contributed by atoms with Gasteiger partial charge in [0, 0.05) is 24.5 Å². The summed E-state index contributed by atoms with van der Waals surface area (Å²) in [6.45, 7) is 4.17. The SMILES string of the molecule is CC(C)n1ccn(Cc2ccc([N+](=O)[O-])c(NN)c2)c1=O. The number of hydrogen-bond donors (Lipinski definition) is 2. The predicted octanol–water partition coefficient (Wildman–Crippen LogP) is 1.47. The van der Waals surface area contributed by atoms with Gasteiger partial charge < -0.3 is 5.43 Å². The highest BCUT2D eigenvalue weighted by Gasteiger charge is 2.14. The summed E-state index contributed by atoms with van der Waals surface area (Å²) in [6.07, 6.45) is 3.42. The Morgan fingerprint density at radius 2 is 2.10 bits per heavy atom. The number of nitrogens with one attached hydrogen (secondary N) is 1.